The second-order valence-electron chi connectivity index (χ2n) is 17.6. The minimum absolute atomic E-state index is 0.0159. The number of amides is 1. The number of allylic oxidation sites excluding steroid dienone is 18. The maximum atomic E-state index is 13.2. The Labute approximate surface area is 400 Å². The summed E-state index contributed by atoms with van der Waals surface area (Å²) in [5.41, 5.74) is 0. The number of esters is 1. The summed E-state index contributed by atoms with van der Waals surface area (Å²) in [5, 5.41) is 23.8. The van der Waals surface area contributed by atoms with E-state index in [2.05, 4.69) is 92.9 Å². The van der Waals surface area contributed by atoms with Crippen LogP contribution in [0.25, 0.3) is 0 Å². The van der Waals surface area contributed by atoms with E-state index >= 15 is 0 Å². The van der Waals surface area contributed by atoms with Crippen molar-refractivity contribution in [3.63, 3.8) is 0 Å². The number of hydrogen-bond acceptors (Lipinski definition) is 5. The fraction of sp³-hybridized carbons (Fsp3) is 0.661. The predicted octanol–water partition coefficient (Wildman–Crippen LogP) is 16.3. The first-order chi connectivity index (χ1) is 32.0. The van der Waals surface area contributed by atoms with Gasteiger partial charge in [-0.25, -0.2) is 0 Å². The number of aliphatic hydroxyl groups excluding tert-OH is 2. The molecule has 1 amide bonds. The average molecular weight is 902 g/mol. The Morgan fingerprint density at radius 2 is 0.923 bits per heavy atom. The van der Waals surface area contributed by atoms with Gasteiger partial charge >= 0.3 is 5.97 Å². The van der Waals surface area contributed by atoms with Crippen molar-refractivity contribution in [2.75, 3.05) is 6.61 Å². The van der Waals surface area contributed by atoms with Crippen LogP contribution in [0, 0.1) is 0 Å². The normalized spacial score (nSPS) is 14.1. The number of hydrogen-bond donors (Lipinski definition) is 3. The van der Waals surface area contributed by atoms with Crippen LogP contribution in [0.2, 0.25) is 0 Å². The molecular formula is C59H99NO5. The zero-order chi connectivity index (χ0) is 47.4. The molecule has 6 heteroatoms. The molecule has 0 rings (SSSR count). The number of ether oxygens (including phenoxy) is 1. The van der Waals surface area contributed by atoms with E-state index in [0.717, 1.165) is 89.9 Å². The van der Waals surface area contributed by atoms with Crippen molar-refractivity contribution in [1.82, 2.24) is 5.32 Å². The van der Waals surface area contributed by atoms with Gasteiger partial charge in [-0.15, -0.1) is 0 Å². The molecule has 0 spiro atoms. The molecule has 0 radical (unpaired) electrons. The molecular weight excluding hydrogens is 803 g/mol. The van der Waals surface area contributed by atoms with Gasteiger partial charge in [-0.05, 0) is 77.0 Å². The maximum absolute atomic E-state index is 13.2. The Morgan fingerprint density at radius 3 is 1.45 bits per heavy atom. The highest BCUT2D eigenvalue weighted by atomic mass is 16.5. The summed E-state index contributed by atoms with van der Waals surface area (Å²) in [6, 6.07) is -0.736. The fourth-order valence-electron chi connectivity index (χ4n) is 7.51. The molecule has 65 heavy (non-hydrogen) atoms. The molecule has 0 saturated heterocycles. The van der Waals surface area contributed by atoms with Crippen molar-refractivity contribution in [3.8, 4) is 0 Å². The van der Waals surface area contributed by atoms with Gasteiger partial charge < -0.3 is 20.3 Å². The third-order valence-electron chi connectivity index (χ3n) is 11.5. The van der Waals surface area contributed by atoms with Crippen LogP contribution >= 0.6 is 0 Å². The lowest BCUT2D eigenvalue weighted by atomic mass is 10.0. The lowest BCUT2D eigenvalue weighted by Gasteiger charge is -2.24. The molecule has 0 bridgehead atoms. The number of carbonyl (C=O) groups excluding carboxylic acids is 2. The number of unbranched alkanes of at least 4 members (excludes halogenated alkanes) is 20. The molecule has 0 aromatic rings. The van der Waals surface area contributed by atoms with E-state index in [1.165, 1.54) is 89.9 Å². The van der Waals surface area contributed by atoms with Crippen LogP contribution in [0.5, 0.6) is 0 Å². The number of nitrogens with one attached hydrogen (secondary N) is 1. The molecule has 3 N–H and O–H groups in total. The topological polar surface area (TPSA) is 95.9 Å². The number of carbonyl (C=O) groups is 2. The molecule has 3 atom stereocenters. The third-order valence-corrected chi connectivity index (χ3v) is 11.5. The Kier molecular flexibility index (Phi) is 48.7. The zero-order valence-electron chi connectivity index (χ0n) is 42.1. The number of rotatable bonds is 46. The first-order valence-corrected chi connectivity index (χ1v) is 26.7. The lowest BCUT2D eigenvalue weighted by Crippen LogP contribution is -2.46. The summed E-state index contributed by atoms with van der Waals surface area (Å²) in [6.45, 7) is 6.20. The van der Waals surface area contributed by atoms with E-state index in [4.69, 9.17) is 4.74 Å². The van der Waals surface area contributed by atoms with Gasteiger partial charge in [0.1, 0.15) is 6.10 Å². The molecule has 0 saturated carbocycles. The first kappa shape index (κ1) is 61.5. The maximum Gasteiger partial charge on any atom is 0.306 e. The Bertz CT molecular complexity index is 1330. The van der Waals surface area contributed by atoms with Crippen LogP contribution in [0.1, 0.15) is 226 Å². The van der Waals surface area contributed by atoms with E-state index in [-0.39, 0.29) is 24.9 Å². The van der Waals surface area contributed by atoms with Gasteiger partial charge in [-0.3, -0.25) is 9.59 Å². The van der Waals surface area contributed by atoms with Crippen molar-refractivity contribution in [1.29, 1.82) is 0 Å². The van der Waals surface area contributed by atoms with Crippen molar-refractivity contribution >= 4 is 11.9 Å². The summed E-state index contributed by atoms with van der Waals surface area (Å²) >= 11 is 0. The summed E-state index contributed by atoms with van der Waals surface area (Å²) in [6.07, 6.45) is 70.1. The molecule has 0 fully saturated rings. The second-order valence-corrected chi connectivity index (χ2v) is 17.6. The van der Waals surface area contributed by atoms with Gasteiger partial charge in [-0.1, -0.05) is 246 Å². The largest absolute Gasteiger partial charge is 0.462 e. The van der Waals surface area contributed by atoms with Crippen molar-refractivity contribution < 1.29 is 24.5 Å². The second kappa shape index (κ2) is 51.5. The SMILES string of the molecule is CC/C=C/C=C/C=C\C=C/C=C/CCCCCC(=O)OC(CCC/C=C/C/C=C/C/C=C/C/C=C/CC)CC(=O)NC(CO)C(O)CCCCCCCCCCCCCCCCCCC. The Balaban J connectivity index is 4.70. The van der Waals surface area contributed by atoms with Gasteiger partial charge in [0.05, 0.1) is 25.2 Å². The van der Waals surface area contributed by atoms with Crippen LogP contribution in [-0.2, 0) is 14.3 Å². The van der Waals surface area contributed by atoms with Gasteiger partial charge in [-0.2, -0.15) is 0 Å². The van der Waals surface area contributed by atoms with Crippen LogP contribution in [0.3, 0.4) is 0 Å². The number of aliphatic hydroxyl groups is 2. The third kappa shape index (κ3) is 46.8. The molecule has 0 aliphatic heterocycles. The van der Waals surface area contributed by atoms with Crippen molar-refractivity contribution in [3.05, 3.63) is 109 Å². The lowest BCUT2D eigenvalue weighted by molar-refractivity contribution is -0.151. The van der Waals surface area contributed by atoms with E-state index in [1.807, 2.05) is 42.5 Å². The minimum Gasteiger partial charge on any atom is -0.462 e. The molecule has 6 nitrogen and oxygen atoms in total. The Morgan fingerprint density at radius 1 is 0.477 bits per heavy atom. The molecule has 0 aliphatic rings. The van der Waals surface area contributed by atoms with Crippen LogP contribution < -0.4 is 5.32 Å². The molecule has 0 aromatic carbocycles. The highest BCUT2D eigenvalue weighted by Crippen LogP contribution is 2.17. The highest BCUT2D eigenvalue weighted by molar-refractivity contribution is 5.77. The summed E-state index contributed by atoms with van der Waals surface area (Å²) in [4.78, 5) is 26.2. The monoisotopic (exact) mass is 902 g/mol. The van der Waals surface area contributed by atoms with Gasteiger partial charge in [0, 0.05) is 6.42 Å². The zero-order valence-corrected chi connectivity index (χ0v) is 42.1. The van der Waals surface area contributed by atoms with Gasteiger partial charge in [0.25, 0.3) is 0 Å². The summed E-state index contributed by atoms with van der Waals surface area (Å²) < 4.78 is 5.89. The summed E-state index contributed by atoms with van der Waals surface area (Å²) in [7, 11) is 0. The van der Waals surface area contributed by atoms with Crippen molar-refractivity contribution in [2.24, 2.45) is 0 Å². The smallest absolute Gasteiger partial charge is 0.306 e. The summed E-state index contributed by atoms with van der Waals surface area (Å²) in [5.74, 6) is -0.586. The fourth-order valence-corrected chi connectivity index (χ4v) is 7.51. The van der Waals surface area contributed by atoms with E-state index < -0.39 is 18.2 Å². The molecule has 0 aliphatic carbocycles. The minimum atomic E-state index is -0.817. The standard InChI is InChI=1S/C59H99NO5/c1-4-7-10-13-16-19-22-25-28-29-31-33-36-39-42-45-48-51-57(62)56(54-61)60-58(63)53-55(50-47-44-41-38-35-32-27-24-21-18-15-12-9-6-3)65-59(64)52-49-46-43-40-37-34-30-26-23-20-17-14-11-8-5-2/h8-9,11-12,14,17-18,20-21,23,26-27,30,32,34,37-38,41,55-57,61-62H,4-7,10,13,15-16,19,22,24-25,28-29,31,33,35-36,39-40,42-54H2,1-3H3,(H,60,63)/b11-8+,12-9+,17-14+,21-18+,23-20-,30-26-,32-27+,37-34+,41-38+. The van der Waals surface area contributed by atoms with Crippen LogP contribution in [0.4, 0.5) is 0 Å². The molecule has 0 heterocycles. The van der Waals surface area contributed by atoms with Crippen molar-refractivity contribution in [2.45, 2.75) is 244 Å². The van der Waals surface area contributed by atoms with Gasteiger partial charge in [0.15, 0.2) is 0 Å². The average Bonchev–Trinajstić information content (AvgIpc) is 3.30. The first-order valence-electron chi connectivity index (χ1n) is 26.7. The quantitative estimate of drug-likeness (QED) is 0.0245. The van der Waals surface area contributed by atoms with Crippen LogP contribution in [-0.4, -0.2) is 46.9 Å². The molecule has 3 unspecified atom stereocenters. The van der Waals surface area contributed by atoms with Gasteiger partial charge in [0.2, 0.25) is 5.91 Å². The predicted molar refractivity (Wildman–Crippen MR) is 282 cm³/mol. The van der Waals surface area contributed by atoms with Crippen LogP contribution in [0.15, 0.2) is 109 Å². The Hall–Kier alpha value is -3.48. The van der Waals surface area contributed by atoms with E-state index in [9.17, 15) is 19.8 Å². The molecule has 0 aromatic heterocycles. The van der Waals surface area contributed by atoms with E-state index in [0.29, 0.717) is 19.3 Å². The molecule has 370 valence electrons. The van der Waals surface area contributed by atoms with E-state index in [1.54, 1.807) is 0 Å². The highest BCUT2D eigenvalue weighted by Gasteiger charge is 2.24.